The zero-order chi connectivity index (χ0) is 12.1. The van der Waals surface area contributed by atoms with Gasteiger partial charge in [-0.1, -0.05) is 23.4 Å². The summed E-state index contributed by atoms with van der Waals surface area (Å²) in [5.74, 6) is 6.19. The Morgan fingerprint density at radius 2 is 2.24 bits per heavy atom. The first kappa shape index (κ1) is 11.8. The third kappa shape index (κ3) is 2.94. The minimum absolute atomic E-state index is 0.477. The van der Waals surface area contributed by atoms with Crippen molar-refractivity contribution >= 4 is 22.5 Å². The van der Waals surface area contributed by atoms with E-state index in [1.807, 2.05) is 25.2 Å². The predicted molar refractivity (Wildman–Crippen MR) is 70.0 cm³/mol. The average Bonchev–Trinajstić information content (AvgIpc) is 2.35. The molecule has 0 aliphatic carbocycles. The van der Waals surface area contributed by atoms with Crippen LogP contribution in [0.3, 0.4) is 0 Å². The first-order valence-corrected chi connectivity index (χ1v) is 5.73. The van der Waals surface area contributed by atoms with Crippen molar-refractivity contribution in [2.75, 3.05) is 13.6 Å². The Labute approximate surface area is 105 Å². The van der Waals surface area contributed by atoms with Crippen LogP contribution in [0.15, 0.2) is 24.5 Å². The molecule has 4 heteroatoms. The molecule has 0 aliphatic rings. The summed E-state index contributed by atoms with van der Waals surface area (Å²) in [6.07, 6.45) is 2.29. The maximum atomic E-state index is 5.96. The fourth-order valence-corrected chi connectivity index (χ4v) is 1.66. The summed E-state index contributed by atoms with van der Waals surface area (Å²) in [5.41, 5.74) is 1.77. The van der Waals surface area contributed by atoms with Crippen molar-refractivity contribution in [2.24, 2.45) is 0 Å². The highest BCUT2D eigenvalue weighted by molar-refractivity contribution is 6.34. The summed E-state index contributed by atoms with van der Waals surface area (Å²) in [6, 6.07) is 5.76. The van der Waals surface area contributed by atoms with Crippen LogP contribution < -0.4 is 5.32 Å². The molecule has 3 nitrogen and oxygen atoms in total. The van der Waals surface area contributed by atoms with Crippen molar-refractivity contribution < 1.29 is 0 Å². The summed E-state index contributed by atoms with van der Waals surface area (Å²) in [7, 11) is 1.91. The zero-order valence-corrected chi connectivity index (χ0v) is 10.3. The molecule has 17 heavy (non-hydrogen) atoms. The van der Waals surface area contributed by atoms with Crippen LogP contribution in [0.2, 0.25) is 5.15 Å². The van der Waals surface area contributed by atoms with Gasteiger partial charge in [0.25, 0.3) is 0 Å². The third-order valence-corrected chi connectivity index (χ3v) is 2.62. The van der Waals surface area contributed by atoms with Crippen molar-refractivity contribution in [2.45, 2.75) is 6.42 Å². The second-order valence-corrected chi connectivity index (χ2v) is 3.91. The number of halogens is 1. The van der Waals surface area contributed by atoms with Gasteiger partial charge in [-0.3, -0.25) is 0 Å². The number of nitrogens with zero attached hydrogens (tertiary/aromatic N) is 2. The highest BCUT2D eigenvalue weighted by Crippen LogP contribution is 2.19. The largest absolute Gasteiger partial charge is 0.319 e. The van der Waals surface area contributed by atoms with Gasteiger partial charge in [-0.15, -0.1) is 0 Å². The number of nitrogens with one attached hydrogen (secondary N) is 1. The van der Waals surface area contributed by atoms with Crippen LogP contribution in [0.1, 0.15) is 12.0 Å². The molecule has 0 aliphatic heterocycles. The molecule has 0 unspecified atom stereocenters. The van der Waals surface area contributed by atoms with Crippen LogP contribution in [0.4, 0.5) is 0 Å². The third-order valence-electron chi connectivity index (χ3n) is 2.32. The summed E-state index contributed by atoms with van der Waals surface area (Å²) >= 11 is 5.96. The SMILES string of the molecule is CNCCC#Cc1ccc2c(Cl)ncnc2c1. The van der Waals surface area contributed by atoms with Crippen molar-refractivity contribution in [1.29, 1.82) is 0 Å². The van der Waals surface area contributed by atoms with Gasteiger partial charge < -0.3 is 5.32 Å². The number of hydrogen-bond donors (Lipinski definition) is 1. The molecule has 0 atom stereocenters. The van der Waals surface area contributed by atoms with Crippen molar-refractivity contribution in [3.63, 3.8) is 0 Å². The molecule has 0 saturated heterocycles. The van der Waals surface area contributed by atoms with Gasteiger partial charge in [0.1, 0.15) is 11.5 Å². The van der Waals surface area contributed by atoms with Crippen LogP contribution in [0.25, 0.3) is 10.9 Å². The van der Waals surface area contributed by atoms with E-state index in [4.69, 9.17) is 11.6 Å². The summed E-state index contributed by atoms with van der Waals surface area (Å²) in [6.45, 7) is 0.897. The molecule has 1 heterocycles. The normalized spacial score (nSPS) is 10.0. The Balaban J connectivity index is 2.28. The number of fused-ring (bicyclic) bond motifs is 1. The Hall–Kier alpha value is -1.63. The number of aromatic nitrogens is 2. The summed E-state index contributed by atoms with van der Waals surface area (Å²) in [5, 5.41) is 4.38. The number of hydrogen-bond acceptors (Lipinski definition) is 3. The molecule has 1 aromatic heterocycles. The van der Waals surface area contributed by atoms with Gasteiger partial charge in [-0.2, -0.15) is 0 Å². The van der Waals surface area contributed by atoms with Crippen molar-refractivity contribution in [1.82, 2.24) is 15.3 Å². The highest BCUT2D eigenvalue weighted by atomic mass is 35.5. The standard InChI is InChI=1S/C13H12ClN3/c1-15-7-3-2-4-10-5-6-11-12(8-10)16-9-17-13(11)14/h5-6,8-9,15H,3,7H2,1H3. The Morgan fingerprint density at radius 3 is 3.06 bits per heavy atom. The average molecular weight is 246 g/mol. The van der Waals surface area contributed by atoms with E-state index in [9.17, 15) is 0 Å². The Bertz CT molecular complexity index is 584. The van der Waals surface area contributed by atoms with Crippen LogP contribution in [-0.2, 0) is 0 Å². The Morgan fingerprint density at radius 1 is 1.35 bits per heavy atom. The molecule has 0 amide bonds. The predicted octanol–water partition coefficient (Wildman–Crippen LogP) is 2.24. The minimum atomic E-state index is 0.477. The second kappa shape index (κ2) is 5.62. The monoisotopic (exact) mass is 245 g/mol. The first-order chi connectivity index (χ1) is 8.31. The van der Waals surface area contributed by atoms with Gasteiger partial charge in [0.15, 0.2) is 0 Å². The van der Waals surface area contributed by atoms with E-state index in [0.717, 1.165) is 29.4 Å². The van der Waals surface area contributed by atoms with E-state index in [1.165, 1.54) is 6.33 Å². The van der Waals surface area contributed by atoms with Gasteiger partial charge in [-0.05, 0) is 25.2 Å². The molecule has 0 radical (unpaired) electrons. The molecule has 1 N–H and O–H groups in total. The first-order valence-electron chi connectivity index (χ1n) is 5.35. The lowest BCUT2D eigenvalue weighted by Crippen LogP contribution is -2.05. The fraction of sp³-hybridized carbons (Fsp3) is 0.231. The van der Waals surface area contributed by atoms with Gasteiger partial charge in [0.05, 0.1) is 5.52 Å². The fourth-order valence-electron chi connectivity index (χ4n) is 1.45. The molecular weight excluding hydrogens is 234 g/mol. The van der Waals surface area contributed by atoms with E-state index in [2.05, 4.69) is 27.1 Å². The van der Waals surface area contributed by atoms with Crippen molar-refractivity contribution in [3.05, 3.63) is 35.2 Å². The Kier molecular flexibility index (Phi) is 3.92. The molecule has 0 fully saturated rings. The molecule has 2 aromatic rings. The van der Waals surface area contributed by atoms with Crippen molar-refractivity contribution in [3.8, 4) is 11.8 Å². The van der Waals surface area contributed by atoms with Gasteiger partial charge in [0, 0.05) is 23.9 Å². The van der Waals surface area contributed by atoms with E-state index in [-0.39, 0.29) is 0 Å². The maximum Gasteiger partial charge on any atom is 0.140 e. The maximum absolute atomic E-state index is 5.96. The van der Waals surface area contributed by atoms with E-state index in [1.54, 1.807) is 0 Å². The smallest absolute Gasteiger partial charge is 0.140 e. The second-order valence-electron chi connectivity index (χ2n) is 3.55. The van der Waals surface area contributed by atoms with Crippen LogP contribution in [0.5, 0.6) is 0 Å². The van der Waals surface area contributed by atoms with Gasteiger partial charge in [-0.25, -0.2) is 9.97 Å². The van der Waals surface area contributed by atoms with E-state index < -0.39 is 0 Å². The van der Waals surface area contributed by atoms with Gasteiger partial charge >= 0.3 is 0 Å². The highest BCUT2D eigenvalue weighted by Gasteiger charge is 2.00. The molecule has 86 valence electrons. The van der Waals surface area contributed by atoms with Crippen LogP contribution in [0, 0.1) is 11.8 Å². The number of benzene rings is 1. The van der Waals surface area contributed by atoms with E-state index in [0.29, 0.717) is 5.15 Å². The molecule has 0 bridgehead atoms. The minimum Gasteiger partial charge on any atom is -0.319 e. The molecule has 0 spiro atoms. The van der Waals surface area contributed by atoms with E-state index >= 15 is 0 Å². The lowest BCUT2D eigenvalue weighted by molar-refractivity contribution is 0.818. The van der Waals surface area contributed by atoms with Gasteiger partial charge in [0.2, 0.25) is 0 Å². The molecular formula is C13H12ClN3. The topological polar surface area (TPSA) is 37.8 Å². The molecule has 1 aromatic carbocycles. The lowest BCUT2D eigenvalue weighted by Gasteiger charge is -1.98. The van der Waals surface area contributed by atoms with Crippen LogP contribution >= 0.6 is 11.6 Å². The van der Waals surface area contributed by atoms with Crippen LogP contribution in [-0.4, -0.2) is 23.6 Å². The number of rotatable bonds is 2. The molecule has 2 rings (SSSR count). The quantitative estimate of drug-likeness (QED) is 0.501. The lowest BCUT2D eigenvalue weighted by atomic mass is 10.1. The summed E-state index contributed by atoms with van der Waals surface area (Å²) < 4.78 is 0. The molecule has 0 saturated carbocycles. The summed E-state index contributed by atoms with van der Waals surface area (Å²) in [4.78, 5) is 8.10. The zero-order valence-electron chi connectivity index (χ0n) is 9.50.